The summed E-state index contributed by atoms with van der Waals surface area (Å²) < 4.78 is 19.1. The lowest BCUT2D eigenvalue weighted by molar-refractivity contribution is -0.131. The summed E-state index contributed by atoms with van der Waals surface area (Å²) in [5, 5.41) is 3.62. The fourth-order valence-corrected chi connectivity index (χ4v) is 6.07. The van der Waals surface area contributed by atoms with Crippen LogP contribution in [0.4, 0.5) is 4.39 Å². The molecule has 3 fully saturated rings. The number of allylic oxidation sites excluding steroid dienone is 2. The van der Waals surface area contributed by atoms with E-state index in [2.05, 4.69) is 66.6 Å². The van der Waals surface area contributed by atoms with E-state index in [0.29, 0.717) is 31.7 Å². The monoisotopic (exact) mass is 523 g/mol. The van der Waals surface area contributed by atoms with Crippen LogP contribution in [0.2, 0.25) is 0 Å². The van der Waals surface area contributed by atoms with Gasteiger partial charge in [-0.3, -0.25) is 14.6 Å². The van der Waals surface area contributed by atoms with Crippen LogP contribution in [0.5, 0.6) is 0 Å². The topological polar surface area (TPSA) is 51.3 Å². The predicted molar refractivity (Wildman–Crippen MR) is 147 cm³/mol. The highest BCUT2D eigenvalue weighted by atomic mass is 19.1. The lowest BCUT2D eigenvalue weighted by atomic mass is 9.85. The second kappa shape index (κ2) is 10.9. The minimum Gasteiger partial charge on any atom is -0.379 e. The fraction of sp³-hybridized carbons (Fsp3) is 0.567. The number of benzene rings is 1. The maximum Gasteiger partial charge on any atom is 0.241 e. The third-order valence-corrected chi connectivity index (χ3v) is 8.39. The van der Waals surface area contributed by atoms with Gasteiger partial charge < -0.3 is 19.9 Å². The molecule has 3 saturated heterocycles. The van der Waals surface area contributed by atoms with Gasteiger partial charge in [-0.15, -0.1) is 0 Å². The van der Waals surface area contributed by atoms with Crippen LogP contribution < -0.4 is 5.32 Å². The minimum atomic E-state index is -0.246. The number of piperazine rings is 1. The summed E-state index contributed by atoms with van der Waals surface area (Å²) in [5.74, 6) is -0.110. The highest BCUT2D eigenvalue weighted by Crippen LogP contribution is 2.45. The number of morpholine rings is 1. The molecule has 38 heavy (non-hydrogen) atoms. The van der Waals surface area contributed by atoms with Crippen molar-refractivity contribution in [3.05, 3.63) is 71.5 Å². The number of hydrogen-bond acceptors (Lipinski definition) is 6. The van der Waals surface area contributed by atoms with Gasteiger partial charge >= 0.3 is 0 Å². The average molecular weight is 524 g/mol. The van der Waals surface area contributed by atoms with E-state index < -0.39 is 0 Å². The van der Waals surface area contributed by atoms with Crippen molar-refractivity contribution in [2.24, 2.45) is 5.41 Å². The Hall–Kier alpha value is -2.52. The fourth-order valence-electron chi connectivity index (χ4n) is 6.07. The molecule has 5 rings (SSSR count). The molecule has 7 nitrogen and oxygen atoms in total. The molecule has 3 atom stereocenters. The first kappa shape index (κ1) is 27.1. The number of carbonyl (C=O) groups excluding carboxylic acids is 1. The van der Waals surface area contributed by atoms with Gasteiger partial charge in [-0.25, -0.2) is 4.39 Å². The Labute approximate surface area is 226 Å². The summed E-state index contributed by atoms with van der Waals surface area (Å²) in [5.41, 5.74) is 3.82. The first-order valence-corrected chi connectivity index (χ1v) is 13.8. The van der Waals surface area contributed by atoms with E-state index in [-0.39, 0.29) is 23.2 Å². The number of hydrogen-bond donors (Lipinski definition) is 1. The van der Waals surface area contributed by atoms with Crippen molar-refractivity contribution in [3.63, 3.8) is 0 Å². The molecule has 0 saturated carbocycles. The number of carbonyl (C=O) groups is 1. The molecule has 1 N–H and O–H groups in total. The molecule has 8 heteroatoms. The minimum absolute atomic E-state index is 0.135. The molecule has 4 aliphatic heterocycles. The number of fused-ring (bicyclic) bond motifs is 1. The Bertz CT molecular complexity index is 1110. The summed E-state index contributed by atoms with van der Waals surface area (Å²) in [6.07, 6.45) is 4.17. The Balaban J connectivity index is 1.33. The van der Waals surface area contributed by atoms with Crippen LogP contribution in [0.1, 0.15) is 33.3 Å². The summed E-state index contributed by atoms with van der Waals surface area (Å²) >= 11 is 0. The quantitative estimate of drug-likeness (QED) is 0.618. The van der Waals surface area contributed by atoms with Gasteiger partial charge in [0, 0.05) is 74.7 Å². The Morgan fingerprint density at radius 3 is 2.71 bits per heavy atom. The molecular formula is C30H42FN5O2. The lowest BCUT2D eigenvalue weighted by Gasteiger charge is -2.43. The lowest BCUT2D eigenvalue weighted by Crippen LogP contribution is -2.62. The SMILES string of the molecule is C=C1C=C2C(=CN1Cc1ccc(F)cc1)N(C(=O)CN1C[C@@H](C)NC[C@@H]1CN1CCOC[C@H]1C)CC2(C)C. The van der Waals surface area contributed by atoms with Gasteiger partial charge in [0.15, 0.2) is 0 Å². The molecule has 1 aromatic rings. The maximum atomic E-state index is 13.9. The van der Waals surface area contributed by atoms with Gasteiger partial charge in [0.05, 0.1) is 25.5 Å². The van der Waals surface area contributed by atoms with Crippen LogP contribution in [0.25, 0.3) is 0 Å². The third kappa shape index (κ3) is 5.73. The second-order valence-electron chi connectivity index (χ2n) is 12.0. The van der Waals surface area contributed by atoms with E-state index in [1.807, 2.05) is 4.90 Å². The van der Waals surface area contributed by atoms with Crippen molar-refractivity contribution in [2.45, 2.75) is 52.4 Å². The van der Waals surface area contributed by atoms with Crippen LogP contribution in [0, 0.1) is 11.2 Å². The molecule has 206 valence electrons. The molecule has 4 heterocycles. The summed E-state index contributed by atoms with van der Waals surface area (Å²) in [6, 6.07) is 7.55. The van der Waals surface area contributed by atoms with Gasteiger partial charge in [0.2, 0.25) is 5.91 Å². The van der Waals surface area contributed by atoms with E-state index in [4.69, 9.17) is 4.74 Å². The average Bonchev–Trinajstić information content (AvgIpc) is 3.13. The van der Waals surface area contributed by atoms with E-state index in [0.717, 1.165) is 61.9 Å². The Morgan fingerprint density at radius 2 is 1.97 bits per heavy atom. The van der Waals surface area contributed by atoms with Crippen LogP contribution >= 0.6 is 0 Å². The van der Waals surface area contributed by atoms with Gasteiger partial charge in [-0.1, -0.05) is 32.6 Å². The Morgan fingerprint density at radius 1 is 1.21 bits per heavy atom. The largest absolute Gasteiger partial charge is 0.379 e. The van der Waals surface area contributed by atoms with Crippen LogP contribution in [-0.2, 0) is 16.1 Å². The standard InChI is InChI=1S/C30H42FN5O2/c1-21-14-35(26(13-32-21)16-33-10-11-38-19-23(33)3)18-29(37)36-20-30(4,5)27-12-22(2)34(17-28(27)36)15-24-6-8-25(31)9-7-24/h6-9,12,17,21,23,26,32H,2,10-11,13-16,18-20H2,1,3-5H3/t21-,23-,26-/m1/s1. The molecule has 0 spiro atoms. The normalized spacial score (nSPS) is 28.2. The third-order valence-electron chi connectivity index (χ3n) is 8.39. The maximum absolute atomic E-state index is 13.9. The van der Waals surface area contributed by atoms with E-state index in [9.17, 15) is 9.18 Å². The Kier molecular flexibility index (Phi) is 7.78. The predicted octanol–water partition coefficient (Wildman–Crippen LogP) is 3.17. The number of likely N-dealkylation sites (tertiary alicyclic amines) is 1. The van der Waals surface area contributed by atoms with E-state index in [1.165, 1.54) is 12.1 Å². The van der Waals surface area contributed by atoms with Crippen LogP contribution in [0.3, 0.4) is 0 Å². The zero-order valence-corrected chi connectivity index (χ0v) is 23.3. The molecule has 0 bridgehead atoms. The number of rotatable bonds is 6. The first-order valence-electron chi connectivity index (χ1n) is 13.8. The van der Waals surface area contributed by atoms with Crippen molar-refractivity contribution < 1.29 is 13.9 Å². The number of nitrogens with one attached hydrogen (secondary N) is 1. The zero-order chi connectivity index (χ0) is 27.0. The molecule has 4 aliphatic rings. The molecule has 0 aliphatic carbocycles. The van der Waals surface area contributed by atoms with Gasteiger partial charge in [0.1, 0.15) is 5.82 Å². The molecule has 1 aromatic carbocycles. The number of ether oxygens (including phenoxy) is 1. The van der Waals surface area contributed by atoms with E-state index >= 15 is 0 Å². The number of amides is 1. The highest BCUT2D eigenvalue weighted by molar-refractivity contribution is 5.82. The number of nitrogens with zero attached hydrogens (tertiary/aromatic N) is 4. The van der Waals surface area contributed by atoms with Crippen molar-refractivity contribution in [1.82, 2.24) is 24.9 Å². The van der Waals surface area contributed by atoms with Gasteiger partial charge in [-0.2, -0.15) is 0 Å². The van der Waals surface area contributed by atoms with Gasteiger partial charge in [-0.05, 0) is 43.2 Å². The highest BCUT2D eigenvalue weighted by Gasteiger charge is 2.43. The molecular weight excluding hydrogens is 481 g/mol. The first-order chi connectivity index (χ1) is 18.1. The zero-order valence-electron chi connectivity index (χ0n) is 23.3. The van der Waals surface area contributed by atoms with Gasteiger partial charge in [0.25, 0.3) is 0 Å². The van der Waals surface area contributed by atoms with Crippen molar-refractivity contribution in [2.75, 3.05) is 52.5 Å². The second-order valence-corrected chi connectivity index (χ2v) is 12.0. The summed E-state index contributed by atoms with van der Waals surface area (Å²) in [6.45, 7) is 19.8. The summed E-state index contributed by atoms with van der Waals surface area (Å²) in [4.78, 5) is 22.8. The van der Waals surface area contributed by atoms with E-state index in [1.54, 1.807) is 12.1 Å². The molecule has 1 amide bonds. The van der Waals surface area contributed by atoms with Crippen LogP contribution in [0.15, 0.2) is 60.1 Å². The van der Waals surface area contributed by atoms with Crippen molar-refractivity contribution in [1.29, 1.82) is 0 Å². The number of halogens is 1. The van der Waals surface area contributed by atoms with Crippen LogP contribution in [-0.4, -0.2) is 96.1 Å². The van der Waals surface area contributed by atoms with Crippen molar-refractivity contribution >= 4 is 5.91 Å². The molecule has 0 radical (unpaired) electrons. The molecule has 0 unspecified atom stereocenters. The smallest absolute Gasteiger partial charge is 0.241 e. The summed E-state index contributed by atoms with van der Waals surface area (Å²) in [7, 11) is 0. The molecule has 0 aromatic heterocycles. The van der Waals surface area contributed by atoms with Crippen molar-refractivity contribution in [3.8, 4) is 0 Å².